The van der Waals surface area contributed by atoms with Gasteiger partial charge >= 0.3 is 0 Å². The lowest BCUT2D eigenvalue weighted by molar-refractivity contribution is 0.111. The van der Waals surface area contributed by atoms with E-state index < -0.39 is 0 Å². The predicted molar refractivity (Wildman–Crippen MR) is 240 cm³/mol. The van der Waals surface area contributed by atoms with Crippen molar-refractivity contribution in [1.82, 2.24) is 0 Å². The first-order valence-electron chi connectivity index (χ1n) is 20.1. The van der Waals surface area contributed by atoms with Crippen LogP contribution in [0.1, 0.15) is 73.4 Å². The summed E-state index contributed by atoms with van der Waals surface area (Å²) >= 11 is 0. The summed E-state index contributed by atoms with van der Waals surface area (Å²) in [6.45, 7) is 13.9. The topological polar surface area (TPSA) is 37.4 Å². The third-order valence-electron chi connectivity index (χ3n) is 13.1. The number of rotatable bonds is 4. The maximum absolute atomic E-state index is 11.7. The summed E-state index contributed by atoms with van der Waals surface area (Å²) in [6, 6.07) is 47.0. The Morgan fingerprint density at radius 1 is 0.439 bits per heavy atom. The molecule has 0 amide bonds. The van der Waals surface area contributed by atoms with Crippen LogP contribution >= 0.6 is 0 Å². The standard InChI is InChI=1S/C52H41B2NO2/c1-51(2,3)36-18-20-42-39(26-36)38-8-7-9-46-48(38)53(42)44-23-35(33-16-12-31(29-57)13-17-33)24-45-50(44)55(46)47-25-34(32-14-10-30(28-56)11-15-32)22-41-40-27-37(52(4,5)6)19-21-43(40)54(45)49(41)47/h7-29H,1-6H3. The van der Waals surface area contributed by atoms with Gasteiger partial charge in [0.15, 0.2) is 0 Å². The molecule has 11 rings (SSSR count). The van der Waals surface area contributed by atoms with Crippen LogP contribution in [0.15, 0.2) is 127 Å². The van der Waals surface area contributed by atoms with Crippen molar-refractivity contribution in [3.05, 3.63) is 150 Å². The average molecular weight is 734 g/mol. The van der Waals surface area contributed by atoms with Gasteiger partial charge < -0.3 is 4.90 Å². The molecule has 5 heteroatoms. The Kier molecular flexibility index (Phi) is 6.98. The van der Waals surface area contributed by atoms with Crippen molar-refractivity contribution in [1.29, 1.82) is 0 Å². The van der Waals surface area contributed by atoms with Gasteiger partial charge in [0.05, 0.1) is 0 Å². The number of aldehydes is 2. The molecule has 4 heterocycles. The lowest BCUT2D eigenvalue weighted by Crippen LogP contribution is -2.63. The number of fused-ring (bicyclic) bond motifs is 10. The second-order valence-electron chi connectivity index (χ2n) is 18.5. The van der Waals surface area contributed by atoms with Gasteiger partial charge in [-0.1, -0.05) is 162 Å². The molecule has 0 atom stereocenters. The van der Waals surface area contributed by atoms with E-state index in [2.05, 4.69) is 150 Å². The molecule has 0 aromatic heterocycles. The lowest BCUT2D eigenvalue weighted by atomic mass is 9.32. The van der Waals surface area contributed by atoms with Gasteiger partial charge in [-0.2, -0.15) is 0 Å². The predicted octanol–water partition coefficient (Wildman–Crippen LogP) is 8.33. The van der Waals surface area contributed by atoms with Gasteiger partial charge in [0, 0.05) is 28.2 Å². The molecule has 0 bridgehead atoms. The summed E-state index contributed by atoms with van der Waals surface area (Å²) in [4.78, 5) is 26.0. The number of benzene rings is 7. The van der Waals surface area contributed by atoms with Crippen LogP contribution in [-0.2, 0) is 10.8 Å². The second-order valence-corrected chi connectivity index (χ2v) is 18.5. The van der Waals surface area contributed by atoms with E-state index in [1.54, 1.807) is 0 Å². The molecular weight excluding hydrogens is 692 g/mol. The fraction of sp³-hybridized carbons (Fsp3) is 0.154. The van der Waals surface area contributed by atoms with Gasteiger partial charge in [-0.05, 0) is 107 Å². The third kappa shape index (κ3) is 4.81. The Balaban J connectivity index is 1.26. The minimum absolute atomic E-state index is 0.0146. The van der Waals surface area contributed by atoms with Gasteiger partial charge in [0.2, 0.25) is 13.4 Å². The largest absolute Gasteiger partial charge is 0.312 e. The molecule has 0 spiro atoms. The Labute approximate surface area is 335 Å². The summed E-state index contributed by atoms with van der Waals surface area (Å²) in [6.07, 6.45) is 1.83. The lowest BCUT2D eigenvalue weighted by Gasteiger charge is -2.43. The van der Waals surface area contributed by atoms with E-state index in [4.69, 9.17) is 0 Å². The molecule has 3 nitrogen and oxygen atoms in total. The van der Waals surface area contributed by atoms with E-state index in [-0.39, 0.29) is 24.3 Å². The maximum Gasteiger partial charge on any atom is 0.248 e. The fourth-order valence-corrected chi connectivity index (χ4v) is 10.2. The number of nitrogens with zero attached hydrogens (tertiary/aromatic N) is 1. The van der Waals surface area contributed by atoms with Crippen molar-refractivity contribution in [3.63, 3.8) is 0 Å². The first-order valence-corrected chi connectivity index (χ1v) is 20.1. The van der Waals surface area contributed by atoms with Crippen LogP contribution < -0.4 is 37.7 Å². The van der Waals surface area contributed by atoms with E-state index in [0.717, 1.165) is 29.3 Å². The summed E-state index contributed by atoms with van der Waals surface area (Å²) < 4.78 is 0. The molecule has 272 valence electrons. The molecule has 0 saturated heterocycles. The van der Waals surface area contributed by atoms with Crippen molar-refractivity contribution in [3.8, 4) is 44.5 Å². The molecule has 0 unspecified atom stereocenters. The van der Waals surface area contributed by atoms with Gasteiger partial charge in [0.1, 0.15) is 12.6 Å². The molecular formula is C52H41B2NO2. The quantitative estimate of drug-likeness (QED) is 0.135. The highest BCUT2D eigenvalue weighted by atomic mass is 16.1. The molecule has 0 radical (unpaired) electrons. The zero-order chi connectivity index (χ0) is 39.1. The number of hydrogen-bond donors (Lipinski definition) is 0. The number of hydrogen-bond acceptors (Lipinski definition) is 3. The van der Waals surface area contributed by atoms with Crippen LogP contribution in [0.5, 0.6) is 0 Å². The maximum atomic E-state index is 11.7. The fourth-order valence-electron chi connectivity index (χ4n) is 10.2. The number of carbonyl (C=O) groups excluding carboxylic acids is 2. The van der Waals surface area contributed by atoms with Gasteiger partial charge in [-0.3, -0.25) is 9.59 Å². The zero-order valence-corrected chi connectivity index (χ0v) is 33.2. The number of carbonyl (C=O) groups is 2. The van der Waals surface area contributed by atoms with Gasteiger partial charge in [0.25, 0.3) is 0 Å². The normalized spacial score (nSPS) is 13.8. The van der Waals surface area contributed by atoms with Gasteiger partial charge in [-0.15, -0.1) is 0 Å². The Morgan fingerprint density at radius 3 is 1.44 bits per heavy atom. The minimum atomic E-state index is -0.0146. The SMILES string of the molecule is CC(C)(C)c1ccc2c(c1)-c1cccc3c1B2c1cc(-c2ccc(C=O)cc2)cc2c1N3c1cc(-c3ccc(C=O)cc3)cc3c1B2c1ccc(C(C)(C)C)cc1-3. The summed E-state index contributed by atoms with van der Waals surface area (Å²) in [5.74, 6) is 0. The molecule has 4 aliphatic heterocycles. The Morgan fingerprint density at radius 2 is 0.930 bits per heavy atom. The van der Waals surface area contributed by atoms with Crippen molar-refractivity contribution >= 4 is 75.8 Å². The van der Waals surface area contributed by atoms with Crippen LogP contribution in [0.4, 0.5) is 17.1 Å². The highest BCUT2D eigenvalue weighted by Crippen LogP contribution is 2.47. The summed E-state index contributed by atoms with van der Waals surface area (Å²) in [7, 11) is 0. The van der Waals surface area contributed by atoms with E-state index >= 15 is 0 Å². The molecule has 57 heavy (non-hydrogen) atoms. The van der Waals surface area contributed by atoms with Crippen molar-refractivity contribution in [2.75, 3.05) is 4.90 Å². The van der Waals surface area contributed by atoms with Crippen LogP contribution in [0, 0.1) is 0 Å². The smallest absolute Gasteiger partial charge is 0.248 e. The first-order chi connectivity index (χ1) is 27.4. The van der Waals surface area contributed by atoms with Crippen molar-refractivity contribution < 1.29 is 9.59 Å². The molecule has 0 aliphatic carbocycles. The van der Waals surface area contributed by atoms with Crippen LogP contribution in [-0.4, -0.2) is 26.0 Å². The van der Waals surface area contributed by atoms with E-state index in [9.17, 15) is 9.59 Å². The average Bonchev–Trinajstić information content (AvgIpc) is 3.73. The highest BCUT2D eigenvalue weighted by molar-refractivity contribution is 7.05. The molecule has 0 N–H and O–H groups in total. The second kappa shape index (κ2) is 11.7. The molecule has 4 aliphatic rings. The Bertz CT molecular complexity index is 2890. The van der Waals surface area contributed by atoms with Crippen LogP contribution in [0.25, 0.3) is 44.5 Å². The minimum Gasteiger partial charge on any atom is -0.312 e. The molecule has 0 fully saturated rings. The summed E-state index contributed by atoms with van der Waals surface area (Å²) in [5.41, 5.74) is 25.5. The number of anilines is 3. The van der Waals surface area contributed by atoms with E-state index in [1.807, 2.05) is 24.3 Å². The first kappa shape index (κ1) is 34.1. The van der Waals surface area contributed by atoms with Crippen LogP contribution in [0.2, 0.25) is 0 Å². The highest BCUT2D eigenvalue weighted by Gasteiger charge is 2.50. The summed E-state index contributed by atoms with van der Waals surface area (Å²) in [5, 5.41) is 0. The van der Waals surface area contributed by atoms with Crippen molar-refractivity contribution in [2.45, 2.75) is 52.4 Å². The van der Waals surface area contributed by atoms with E-state index in [0.29, 0.717) is 11.1 Å². The zero-order valence-electron chi connectivity index (χ0n) is 33.2. The van der Waals surface area contributed by atoms with Crippen molar-refractivity contribution in [2.24, 2.45) is 0 Å². The van der Waals surface area contributed by atoms with Gasteiger partial charge in [-0.25, -0.2) is 0 Å². The Hall–Kier alpha value is -6.19. The van der Waals surface area contributed by atoms with Crippen LogP contribution in [0.3, 0.4) is 0 Å². The van der Waals surface area contributed by atoms with E-state index in [1.165, 1.54) is 88.8 Å². The molecule has 0 saturated carbocycles. The molecule has 7 aromatic carbocycles. The molecule has 7 aromatic rings. The third-order valence-corrected chi connectivity index (χ3v) is 13.1. The monoisotopic (exact) mass is 733 g/mol.